The lowest BCUT2D eigenvalue weighted by Gasteiger charge is -2.38. The average Bonchev–Trinajstić information content (AvgIpc) is 3.13. The summed E-state index contributed by atoms with van der Waals surface area (Å²) in [7, 11) is 0. The topological polar surface area (TPSA) is 63.4 Å². The van der Waals surface area contributed by atoms with Gasteiger partial charge in [-0.05, 0) is 68.3 Å². The first-order valence-corrected chi connectivity index (χ1v) is 10.9. The zero-order chi connectivity index (χ0) is 18.9. The molecule has 2 aromatic rings. The molecule has 2 fully saturated rings. The van der Waals surface area contributed by atoms with E-state index >= 15 is 0 Å². The normalized spacial score (nSPS) is 25.6. The first-order valence-electron chi connectivity index (χ1n) is 10.5. The Hall–Kier alpha value is -1.79. The smallest absolute Gasteiger partial charge is 0.318 e. The van der Waals surface area contributed by atoms with Crippen LogP contribution < -0.4 is 10.1 Å². The summed E-state index contributed by atoms with van der Waals surface area (Å²) < 4.78 is 12.1. The van der Waals surface area contributed by atoms with Crippen molar-refractivity contribution in [1.29, 1.82) is 0 Å². The Bertz CT molecular complexity index is 822. The van der Waals surface area contributed by atoms with Gasteiger partial charge in [0.1, 0.15) is 5.75 Å². The van der Waals surface area contributed by atoms with E-state index in [2.05, 4.69) is 20.4 Å². The summed E-state index contributed by atoms with van der Waals surface area (Å²) in [6, 6.07) is 6.45. The predicted octanol–water partition coefficient (Wildman–Crippen LogP) is 4.81. The maximum absolute atomic E-state index is 6.07. The fraction of sp³-hybridized carbons (Fsp3) is 0.619. The fourth-order valence-corrected chi connectivity index (χ4v) is 4.71. The molecule has 1 aromatic heterocycles. The minimum atomic E-state index is -0.167. The van der Waals surface area contributed by atoms with Gasteiger partial charge in [0.05, 0.1) is 6.04 Å². The van der Waals surface area contributed by atoms with Crippen LogP contribution in [0.3, 0.4) is 0 Å². The molecular formula is C21H27ClN4O2. The minimum Gasteiger partial charge on any atom is -0.470 e. The van der Waals surface area contributed by atoms with Crippen molar-refractivity contribution in [2.24, 2.45) is 5.92 Å². The second kappa shape index (κ2) is 7.91. The third-order valence-corrected chi connectivity index (χ3v) is 6.54. The van der Waals surface area contributed by atoms with Crippen molar-refractivity contribution in [3.8, 4) is 5.75 Å². The van der Waals surface area contributed by atoms with Crippen molar-refractivity contribution in [2.45, 2.75) is 63.6 Å². The van der Waals surface area contributed by atoms with Crippen LogP contribution in [-0.4, -0.2) is 34.4 Å². The molecule has 1 saturated heterocycles. The van der Waals surface area contributed by atoms with Crippen LogP contribution in [0.4, 0.5) is 6.01 Å². The Kier molecular flexibility index (Phi) is 5.16. The lowest BCUT2D eigenvalue weighted by atomic mass is 9.84. The van der Waals surface area contributed by atoms with E-state index in [9.17, 15) is 0 Å². The summed E-state index contributed by atoms with van der Waals surface area (Å²) in [4.78, 5) is 2.56. The van der Waals surface area contributed by atoms with Crippen molar-refractivity contribution in [1.82, 2.24) is 15.1 Å². The number of fused-ring (bicyclic) bond motifs is 1. The quantitative estimate of drug-likeness (QED) is 0.774. The second-order valence-corrected chi connectivity index (χ2v) is 8.73. The van der Waals surface area contributed by atoms with Gasteiger partial charge in [-0.25, -0.2) is 0 Å². The first-order chi connectivity index (χ1) is 13.7. The van der Waals surface area contributed by atoms with Gasteiger partial charge in [-0.2, -0.15) is 0 Å². The van der Waals surface area contributed by atoms with Gasteiger partial charge in [0.15, 0.2) is 6.23 Å². The number of nitrogens with zero attached hydrogens (tertiary/aromatic N) is 3. The van der Waals surface area contributed by atoms with E-state index in [4.69, 9.17) is 20.8 Å². The van der Waals surface area contributed by atoms with Crippen LogP contribution in [0.2, 0.25) is 5.02 Å². The Morgan fingerprint density at radius 2 is 2.04 bits per heavy atom. The minimum absolute atomic E-state index is 0.167. The van der Waals surface area contributed by atoms with Crippen LogP contribution in [0.25, 0.3) is 0 Å². The lowest BCUT2D eigenvalue weighted by molar-refractivity contribution is 0.0851. The number of hydrogen-bond donors (Lipinski definition) is 1. The molecule has 1 N–H and O–H groups in total. The molecule has 1 aromatic carbocycles. The van der Waals surface area contributed by atoms with Gasteiger partial charge in [0, 0.05) is 18.0 Å². The highest BCUT2D eigenvalue weighted by atomic mass is 35.5. The molecule has 3 aliphatic rings. The van der Waals surface area contributed by atoms with Crippen molar-refractivity contribution in [3.63, 3.8) is 0 Å². The van der Waals surface area contributed by atoms with Gasteiger partial charge >= 0.3 is 6.01 Å². The van der Waals surface area contributed by atoms with Gasteiger partial charge in [0.25, 0.3) is 0 Å². The summed E-state index contributed by atoms with van der Waals surface area (Å²) in [6.45, 7) is 2.30. The molecule has 0 bridgehead atoms. The molecule has 2 unspecified atom stereocenters. The highest BCUT2D eigenvalue weighted by molar-refractivity contribution is 6.30. The SMILES string of the molecule is Clc1ccc2c(c1)CCC(Nc1nnc(C3CCCCN3CC3CCC3)o1)O2. The number of ether oxygens (including phenoxy) is 1. The first kappa shape index (κ1) is 18.3. The molecule has 2 atom stereocenters. The average molecular weight is 403 g/mol. The van der Waals surface area contributed by atoms with Gasteiger partial charge in [0.2, 0.25) is 5.89 Å². The summed E-state index contributed by atoms with van der Waals surface area (Å²) >= 11 is 6.07. The molecular weight excluding hydrogens is 376 g/mol. The number of anilines is 1. The number of piperidine rings is 1. The van der Waals surface area contributed by atoms with Gasteiger partial charge < -0.3 is 14.5 Å². The van der Waals surface area contributed by atoms with E-state index in [1.165, 1.54) is 38.6 Å². The molecule has 150 valence electrons. The molecule has 5 rings (SSSR count). The monoisotopic (exact) mass is 402 g/mol. The number of rotatable bonds is 5. The van der Waals surface area contributed by atoms with Gasteiger partial charge in [-0.15, -0.1) is 5.10 Å². The van der Waals surface area contributed by atoms with Crippen LogP contribution in [0.15, 0.2) is 22.6 Å². The van der Waals surface area contributed by atoms with Crippen LogP contribution in [0.5, 0.6) is 5.75 Å². The highest BCUT2D eigenvalue weighted by Crippen LogP contribution is 2.36. The Morgan fingerprint density at radius 1 is 1.11 bits per heavy atom. The zero-order valence-electron chi connectivity index (χ0n) is 16.1. The van der Waals surface area contributed by atoms with Crippen LogP contribution in [0, 0.1) is 5.92 Å². The van der Waals surface area contributed by atoms with E-state index < -0.39 is 0 Å². The largest absolute Gasteiger partial charge is 0.470 e. The molecule has 28 heavy (non-hydrogen) atoms. The fourth-order valence-electron chi connectivity index (χ4n) is 4.52. The number of hydrogen-bond acceptors (Lipinski definition) is 6. The zero-order valence-corrected chi connectivity index (χ0v) is 16.8. The van der Waals surface area contributed by atoms with Crippen molar-refractivity contribution >= 4 is 17.6 Å². The summed E-state index contributed by atoms with van der Waals surface area (Å²) in [5.41, 5.74) is 1.14. The number of halogens is 1. The molecule has 0 radical (unpaired) electrons. The highest BCUT2D eigenvalue weighted by Gasteiger charge is 2.32. The Balaban J connectivity index is 1.23. The van der Waals surface area contributed by atoms with E-state index in [1.54, 1.807) is 0 Å². The van der Waals surface area contributed by atoms with Crippen LogP contribution in [0.1, 0.15) is 62.4 Å². The van der Waals surface area contributed by atoms with Crippen LogP contribution >= 0.6 is 11.6 Å². The predicted molar refractivity (Wildman–Crippen MR) is 108 cm³/mol. The third kappa shape index (κ3) is 3.85. The van der Waals surface area contributed by atoms with Gasteiger partial charge in [-0.1, -0.05) is 29.5 Å². The molecule has 0 spiro atoms. The summed E-state index contributed by atoms with van der Waals surface area (Å²) in [5.74, 6) is 2.46. The van der Waals surface area contributed by atoms with E-state index in [0.29, 0.717) is 6.01 Å². The molecule has 7 heteroatoms. The number of aryl methyl sites for hydroxylation is 1. The molecule has 1 aliphatic carbocycles. The van der Waals surface area contributed by atoms with E-state index in [-0.39, 0.29) is 12.3 Å². The van der Waals surface area contributed by atoms with Crippen molar-refractivity contribution in [3.05, 3.63) is 34.7 Å². The van der Waals surface area contributed by atoms with Crippen molar-refractivity contribution in [2.75, 3.05) is 18.4 Å². The number of nitrogens with one attached hydrogen (secondary N) is 1. The molecule has 3 heterocycles. The Morgan fingerprint density at radius 3 is 2.89 bits per heavy atom. The lowest BCUT2D eigenvalue weighted by Crippen LogP contribution is -2.38. The van der Waals surface area contributed by atoms with E-state index in [0.717, 1.165) is 54.0 Å². The summed E-state index contributed by atoms with van der Waals surface area (Å²) in [6.07, 6.45) is 9.28. The molecule has 6 nitrogen and oxygen atoms in total. The third-order valence-electron chi connectivity index (χ3n) is 6.31. The summed E-state index contributed by atoms with van der Waals surface area (Å²) in [5, 5.41) is 12.6. The maximum atomic E-state index is 6.07. The Labute approximate surface area is 170 Å². The number of likely N-dealkylation sites (tertiary alicyclic amines) is 1. The molecule has 2 aliphatic heterocycles. The molecule has 1 saturated carbocycles. The standard InChI is InChI=1S/C21H27ClN4O2/c22-16-8-9-18-15(12-16)7-10-19(27-18)23-21-25-24-20(28-21)17-6-1-2-11-26(17)13-14-4-3-5-14/h8-9,12,14,17,19H,1-7,10-11,13H2,(H,23,25). The van der Waals surface area contributed by atoms with Gasteiger partial charge in [-0.3, -0.25) is 4.90 Å². The molecule has 0 amide bonds. The van der Waals surface area contributed by atoms with Crippen LogP contribution in [-0.2, 0) is 6.42 Å². The van der Waals surface area contributed by atoms with E-state index in [1.807, 2.05) is 18.2 Å². The van der Waals surface area contributed by atoms with Crippen molar-refractivity contribution < 1.29 is 9.15 Å². The maximum Gasteiger partial charge on any atom is 0.318 e. The second-order valence-electron chi connectivity index (χ2n) is 8.29. The number of benzene rings is 1. The number of aromatic nitrogens is 2.